The molecule has 0 aromatic rings. The van der Waals surface area contributed by atoms with E-state index >= 15 is 0 Å². The Morgan fingerprint density at radius 3 is 1.31 bits per heavy atom. The molecule has 0 saturated carbocycles. The van der Waals surface area contributed by atoms with Gasteiger partial charge in [0.25, 0.3) is 0 Å². The molecule has 1 unspecified atom stereocenters. The number of hydrogen-bond donors (Lipinski definition) is 0. The highest BCUT2D eigenvalue weighted by Crippen LogP contribution is 2.21. The van der Waals surface area contributed by atoms with E-state index in [1.165, 1.54) is 103 Å². The van der Waals surface area contributed by atoms with E-state index in [0.29, 0.717) is 32.0 Å². The summed E-state index contributed by atoms with van der Waals surface area (Å²) in [6.07, 6.45) is 26.5. The molecule has 4 heteroatoms. The SMILES string of the molecule is CCC(CCCCCCCCCCCCC(=O)OCCCCCC(C)C)CCC(=O)OCCCCCC(C)C. The molecule has 1 atom stereocenters. The van der Waals surface area contributed by atoms with Gasteiger partial charge in [-0.2, -0.15) is 0 Å². The molecule has 4 nitrogen and oxygen atoms in total. The van der Waals surface area contributed by atoms with E-state index in [1.54, 1.807) is 0 Å². The topological polar surface area (TPSA) is 52.6 Å². The van der Waals surface area contributed by atoms with Crippen LogP contribution >= 0.6 is 0 Å². The Hall–Kier alpha value is -1.06. The molecule has 0 bridgehead atoms. The van der Waals surface area contributed by atoms with Crippen molar-refractivity contribution in [2.75, 3.05) is 13.2 Å². The lowest BCUT2D eigenvalue weighted by atomic mass is 9.93. The zero-order valence-corrected chi connectivity index (χ0v) is 27.0. The lowest BCUT2D eigenvalue weighted by Gasteiger charge is -2.14. The molecule has 0 spiro atoms. The monoisotopic (exact) mass is 553 g/mol. The van der Waals surface area contributed by atoms with Gasteiger partial charge in [-0.1, -0.05) is 144 Å². The van der Waals surface area contributed by atoms with Gasteiger partial charge >= 0.3 is 11.9 Å². The number of rotatable bonds is 29. The van der Waals surface area contributed by atoms with Gasteiger partial charge in [-0.25, -0.2) is 0 Å². The normalized spacial score (nSPS) is 12.3. The predicted molar refractivity (Wildman–Crippen MR) is 167 cm³/mol. The fraction of sp³-hybridized carbons (Fsp3) is 0.943. The Kier molecular flexibility index (Phi) is 27.7. The van der Waals surface area contributed by atoms with Crippen LogP contribution in [0.2, 0.25) is 0 Å². The maximum absolute atomic E-state index is 12.0. The highest BCUT2D eigenvalue weighted by atomic mass is 16.5. The van der Waals surface area contributed by atoms with E-state index in [2.05, 4.69) is 34.6 Å². The summed E-state index contributed by atoms with van der Waals surface area (Å²) in [4.78, 5) is 23.8. The number of carbonyl (C=O) groups is 2. The Balaban J connectivity index is 3.44. The van der Waals surface area contributed by atoms with Crippen molar-refractivity contribution in [1.29, 1.82) is 0 Å². The van der Waals surface area contributed by atoms with E-state index in [9.17, 15) is 9.59 Å². The maximum Gasteiger partial charge on any atom is 0.305 e. The minimum absolute atomic E-state index is 0.000134. The third-order valence-corrected chi connectivity index (χ3v) is 7.96. The van der Waals surface area contributed by atoms with Crippen LogP contribution in [0.25, 0.3) is 0 Å². The Morgan fingerprint density at radius 1 is 0.462 bits per heavy atom. The first-order chi connectivity index (χ1) is 18.8. The van der Waals surface area contributed by atoms with Gasteiger partial charge in [0.1, 0.15) is 0 Å². The summed E-state index contributed by atoms with van der Waals surface area (Å²) in [6.45, 7) is 12.5. The first-order valence-electron chi connectivity index (χ1n) is 17.2. The molecule has 0 rings (SSSR count). The molecule has 232 valence electrons. The van der Waals surface area contributed by atoms with Crippen LogP contribution in [0.5, 0.6) is 0 Å². The van der Waals surface area contributed by atoms with Crippen LogP contribution in [0.1, 0.15) is 182 Å². The zero-order chi connectivity index (χ0) is 29.0. The van der Waals surface area contributed by atoms with E-state index in [1.807, 2.05) is 0 Å². The summed E-state index contributed by atoms with van der Waals surface area (Å²) < 4.78 is 10.8. The average Bonchev–Trinajstić information content (AvgIpc) is 2.90. The van der Waals surface area contributed by atoms with E-state index in [4.69, 9.17) is 9.47 Å². The van der Waals surface area contributed by atoms with Crippen molar-refractivity contribution in [3.8, 4) is 0 Å². The first-order valence-corrected chi connectivity index (χ1v) is 17.2. The second-order valence-corrected chi connectivity index (χ2v) is 12.8. The Bertz CT molecular complexity index is 543. The van der Waals surface area contributed by atoms with Crippen molar-refractivity contribution in [3.63, 3.8) is 0 Å². The Labute approximate surface area is 244 Å². The van der Waals surface area contributed by atoms with Crippen molar-refractivity contribution >= 4 is 11.9 Å². The largest absolute Gasteiger partial charge is 0.466 e. The summed E-state index contributed by atoms with van der Waals surface area (Å²) in [7, 11) is 0. The quantitative estimate of drug-likeness (QED) is 0.0684. The van der Waals surface area contributed by atoms with Crippen LogP contribution in [0.15, 0.2) is 0 Å². The number of ether oxygens (including phenoxy) is 2. The van der Waals surface area contributed by atoms with Crippen molar-refractivity contribution in [1.82, 2.24) is 0 Å². The predicted octanol–water partition coefficient (Wildman–Crippen LogP) is 11.0. The highest BCUT2D eigenvalue weighted by molar-refractivity contribution is 5.69. The third-order valence-electron chi connectivity index (χ3n) is 7.96. The van der Waals surface area contributed by atoms with Crippen molar-refractivity contribution in [3.05, 3.63) is 0 Å². The van der Waals surface area contributed by atoms with Crippen molar-refractivity contribution in [2.24, 2.45) is 17.8 Å². The van der Waals surface area contributed by atoms with Gasteiger partial charge in [0.2, 0.25) is 0 Å². The van der Waals surface area contributed by atoms with Crippen LogP contribution in [0.4, 0.5) is 0 Å². The fourth-order valence-corrected chi connectivity index (χ4v) is 5.17. The van der Waals surface area contributed by atoms with Crippen LogP contribution in [-0.2, 0) is 19.1 Å². The maximum atomic E-state index is 12.0. The minimum atomic E-state index is -0.00740. The summed E-state index contributed by atoms with van der Waals surface area (Å²) in [5, 5.41) is 0. The van der Waals surface area contributed by atoms with Crippen molar-refractivity contribution < 1.29 is 19.1 Å². The molecule has 0 amide bonds. The van der Waals surface area contributed by atoms with Crippen LogP contribution in [0, 0.1) is 17.8 Å². The summed E-state index contributed by atoms with van der Waals surface area (Å²) >= 11 is 0. The van der Waals surface area contributed by atoms with Gasteiger partial charge in [0.05, 0.1) is 13.2 Å². The molecule has 0 aliphatic carbocycles. The van der Waals surface area contributed by atoms with E-state index < -0.39 is 0 Å². The second kappa shape index (κ2) is 28.5. The summed E-state index contributed by atoms with van der Waals surface area (Å²) in [5.41, 5.74) is 0. The molecular weight excluding hydrogens is 484 g/mol. The lowest BCUT2D eigenvalue weighted by molar-refractivity contribution is -0.145. The first kappa shape index (κ1) is 37.9. The lowest BCUT2D eigenvalue weighted by Crippen LogP contribution is -2.09. The van der Waals surface area contributed by atoms with Gasteiger partial charge in [0, 0.05) is 12.8 Å². The van der Waals surface area contributed by atoms with Crippen LogP contribution < -0.4 is 0 Å². The fourth-order valence-electron chi connectivity index (χ4n) is 5.17. The molecule has 0 radical (unpaired) electrons. The minimum Gasteiger partial charge on any atom is -0.466 e. The standard InChI is InChI=1S/C35H68O4/c1-6-33(27-28-35(37)39-30-22-16-18-24-32(4)5)25-19-13-11-9-7-8-10-12-14-20-26-34(36)38-29-21-15-17-23-31(2)3/h31-33H,6-30H2,1-5H3. The molecule has 0 aromatic heterocycles. The molecule has 39 heavy (non-hydrogen) atoms. The van der Waals surface area contributed by atoms with Gasteiger partial charge in [-0.15, -0.1) is 0 Å². The summed E-state index contributed by atoms with van der Waals surface area (Å²) in [5.74, 6) is 2.19. The molecular formula is C35H68O4. The van der Waals surface area contributed by atoms with Gasteiger partial charge in [-0.3, -0.25) is 9.59 Å². The molecule has 0 aromatic carbocycles. The van der Waals surface area contributed by atoms with Gasteiger partial charge in [-0.05, 0) is 43.4 Å². The number of esters is 2. The molecule has 0 saturated heterocycles. The second-order valence-electron chi connectivity index (χ2n) is 12.8. The third kappa shape index (κ3) is 29.7. The molecule has 0 heterocycles. The smallest absolute Gasteiger partial charge is 0.305 e. The van der Waals surface area contributed by atoms with Crippen LogP contribution in [-0.4, -0.2) is 25.2 Å². The molecule has 0 aliphatic heterocycles. The van der Waals surface area contributed by atoms with Gasteiger partial charge in [0.15, 0.2) is 0 Å². The summed E-state index contributed by atoms with van der Waals surface area (Å²) in [6, 6.07) is 0. The van der Waals surface area contributed by atoms with E-state index in [-0.39, 0.29) is 11.9 Å². The van der Waals surface area contributed by atoms with E-state index in [0.717, 1.165) is 43.9 Å². The van der Waals surface area contributed by atoms with Crippen molar-refractivity contribution in [2.45, 2.75) is 182 Å². The van der Waals surface area contributed by atoms with Crippen LogP contribution in [0.3, 0.4) is 0 Å². The molecule has 0 fully saturated rings. The average molecular weight is 553 g/mol. The molecule has 0 N–H and O–H groups in total. The van der Waals surface area contributed by atoms with Gasteiger partial charge < -0.3 is 9.47 Å². The number of unbranched alkanes of at least 4 members (excludes halogenated alkanes) is 13. The molecule has 0 aliphatic rings. The zero-order valence-electron chi connectivity index (χ0n) is 27.0. The highest BCUT2D eigenvalue weighted by Gasteiger charge is 2.10. The number of carbonyl (C=O) groups excluding carboxylic acids is 2. The number of hydrogen-bond acceptors (Lipinski definition) is 4. The Morgan fingerprint density at radius 2 is 0.846 bits per heavy atom.